The molecule has 9 aromatic carbocycles. The summed E-state index contributed by atoms with van der Waals surface area (Å²) in [4.78, 5) is 14.2. The average molecular weight is 2080 g/mol. The highest BCUT2D eigenvalue weighted by Gasteiger charge is 2.32. The summed E-state index contributed by atoms with van der Waals surface area (Å²) in [6.45, 7) is 89.5. The summed E-state index contributed by atoms with van der Waals surface area (Å²) >= 11 is 9.59. The van der Waals surface area contributed by atoms with Gasteiger partial charge in [0.1, 0.15) is 5.82 Å². The molecule has 2 aliphatic heterocycles. The van der Waals surface area contributed by atoms with Crippen molar-refractivity contribution in [3.8, 4) is 0 Å². The molecule has 810 valence electrons. The molecule has 1 aliphatic carbocycles. The standard InChI is InChI=1S/C18H29N.C17H28N2.C17H30N2.C16H25NO.C14H23N.C13H17F3.C12H17Br.C12H17Cl.C12H17F/c1-13(2)15-10-16(14(3)4)12-18(11-15)19-17-8-6-5-7-9-17;1-13(2)15-10-16(14(3)4)12-17(11-15)19-8-6-18(5)7-9-19;1-13(2)15-10-16(14(3)4)12-17(11-15)19(7)9-8-18(5)6;1-12(2)14-9-15(13(3)4)11-16(10-14)17-5-7-18-8-6-17;1-10(2)12-7-13(11(3)4)9-14(8-12)15(5)6;1-8(2)10-5-11(9(3)4)7-12(6-10)13(14,15)16;3*1-8(2)10-5-11(9(3)4)7-12(13)6-10/h10-14,17,19H,5-9H2,1-4H3;10-14H,6-9H2,1-5H3;10-14H,8-9H2,1-7H3;9-13H,5-8H2,1-4H3;7-11H,1-6H3;5-9H,1-4H3;3*5-9H,1-4H3. The normalized spacial score (nSPS) is 13.7. The first-order valence-electron chi connectivity index (χ1n) is 55.5. The molecule has 145 heavy (non-hydrogen) atoms. The van der Waals surface area contributed by atoms with E-state index in [0.29, 0.717) is 101 Å². The maximum atomic E-state index is 13.1. The van der Waals surface area contributed by atoms with Crippen LogP contribution in [0.1, 0.15) is 494 Å². The Balaban J connectivity index is 0.000000341. The van der Waals surface area contributed by atoms with Gasteiger partial charge in [-0.2, -0.15) is 13.2 Å². The predicted octanol–water partition coefficient (Wildman–Crippen LogP) is 39.4. The maximum Gasteiger partial charge on any atom is 0.416 e. The van der Waals surface area contributed by atoms with Crippen molar-refractivity contribution < 1.29 is 22.3 Å². The van der Waals surface area contributed by atoms with Gasteiger partial charge < -0.3 is 39.5 Å². The van der Waals surface area contributed by atoms with Gasteiger partial charge in [0.05, 0.1) is 18.8 Å². The van der Waals surface area contributed by atoms with Crippen LogP contribution in [0.5, 0.6) is 0 Å². The van der Waals surface area contributed by atoms with Crippen molar-refractivity contribution in [1.29, 1.82) is 0 Å². The molecule has 0 aromatic heterocycles. The SMILES string of the molecule is CC(C)c1cc(Br)cc(C(C)C)c1.CC(C)c1cc(C(C)C)cc(C(F)(F)F)c1.CC(C)c1cc(C(C)C)cc(N(C)C)c1.CC(C)c1cc(C(C)C)cc(N(C)CCN(C)C)c1.CC(C)c1cc(C(C)C)cc(N2CCN(C)CC2)c1.CC(C)c1cc(C(C)C)cc(N2CCOCC2)c1.CC(C)c1cc(Cl)cc(C(C)C)c1.CC(C)c1cc(F)cc(C(C)C)c1.CC(C)c1cc(NC2CCCCC2)cc(C(C)C)c1. The molecular weight excluding hydrogens is 1880 g/mol. The zero-order chi connectivity index (χ0) is 110. The number of nitrogens with zero attached hydrogens (tertiary/aromatic N) is 6. The fourth-order valence-corrected chi connectivity index (χ4v) is 17.6. The summed E-state index contributed by atoms with van der Waals surface area (Å²) in [7, 11) is 12.8. The second-order valence-electron chi connectivity index (χ2n) is 47.4. The topological polar surface area (TPSA) is 40.7 Å². The molecule has 3 aliphatic rings. The second-order valence-corrected chi connectivity index (χ2v) is 48.8. The van der Waals surface area contributed by atoms with Crippen LogP contribution in [0.2, 0.25) is 5.02 Å². The predicted molar refractivity (Wildman–Crippen MR) is 639 cm³/mol. The van der Waals surface area contributed by atoms with Crippen LogP contribution in [0.4, 0.5) is 46.0 Å². The molecule has 1 N–H and O–H groups in total. The molecule has 1 saturated carbocycles. The largest absolute Gasteiger partial charge is 0.416 e. The van der Waals surface area contributed by atoms with Gasteiger partial charge in [-0.15, -0.1) is 0 Å². The zero-order valence-corrected chi connectivity index (χ0v) is 101. The van der Waals surface area contributed by atoms with Gasteiger partial charge in [0.2, 0.25) is 0 Å². The number of hydrogen-bond acceptors (Lipinski definition) is 8. The van der Waals surface area contributed by atoms with Crippen LogP contribution in [-0.4, -0.2) is 124 Å². The van der Waals surface area contributed by atoms with Crippen molar-refractivity contribution in [2.75, 3.05) is 133 Å². The molecule has 12 rings (SSSR count). The first-order valence-corrected chi connectivity index (χ1v) is 56.7. The number of rotatable bonds is 27. The van der Waals surface area contributed by atoms with Crippen molar-refractivity contribution in [3.05, 3.63) is 285 Å². The van der Waals surface area contributed by atoms with Gasteiger partial charge in [0.25, 0.3) is 0 Å². The Morgan fingerprint density at radius 1 is 0.317 bits per heavy atom. The lowest BCUT2D eigenvalue weighted by Crippen LogP contribution is -2.44. The molecule has 8 nitrogen and oxygen atoms in total. The fraction of sp³-hybridized carbons (Fsp3) is 0.588. The van der Waals surface area contributed by atoms with E-state index < -0.39 is 11.7 Å². The number of anilines is 5. The monoisotopic (exact) mass is 2080 g/mol. The number of alkyl halides is 3. The number of morpholine rings is 1. The van der Waals surface area contributed by atoms with Crippen LogP contribution in [-0.2, 0) is 10.9 Å². The highest BCUT2D eigenvalue weighted by atomic mass is 79.9. The van der Waals surface area contributed by atoms with E-state index in [9.17, 15) is 17.6 Å². The summed E-state index contributed by atoms with van der Waals surface area (Å²) in [5.41, 5.74) is 29.9. The van der Waals surface area contributed by atoms with Gasteiger partial charge >= 0.3 is 6.18 Å². The smallest absolute Gasteiger partial charge is 0.382 e. The van der Waals surface area contributed by atoms with Gasteiger partial charge in [-0.3, -0.25) is 0 Å². The minimum absolute atomic E-state index is 0.111. The van der Waals surface area contributed by atoms with Crippen molar-refractivity contribution in [3.63, 3.8) is 0 Å². The highest BCUT2D eigenvalue weighted by Crippen LogP contribution is 2.39. The van der Waals surface area contributed by atoms with E-state index in [1.54, 1.807) is 12.1 Å². The molecule has 14 heteroatoms. The Hall–Kier alpha value is -7.65. The van der Waals surface area contributed by atoms with E-state index >= 15 is 0 Å². The zero-order valence-electron chi connectivity index (χ0n) is 99.0. The molecule has 0 unspecified atom stereocenters. The van der Waals surface area contributed by atoms with Crippen LogP contribution in [0.25, 0.3) is 0 Å². The van der Waals surface area contributed by atoms with Gasteiger partial charge in [-0.25, -0.2) is 4.39 Å². The van der Waals surface area contributed by atoms with E-state index in [1.807, 2.05) is 33.8 Å². The molecule has 0 spiro atoms. The van der Waals surface area contributed by atoms with Crippen LogP contribution in [0.15, 0.2) is 168 Å². The molecule has 0 bridgehead atoms. The molecule has 9 aromatic rings. The van der Waals surface area contributed by atoms with Gasteiger partial charge in [0, 0.05) is 117 Å². The van der Waals surface area contributed by atoms with Crippen molar-refractivity contribution >= 4 is 56.0 Å². The lowest BCUT2D eigenvalue weighted by Gasteiger charge is -2.34. The number of hydrogen-bond donors (Lipinski definition) is 1. The van der Waals surface area contributed by atoms with Gasteiger partial charge in [-0.1, -0.05) is 351 Å². The summed E-state index contributed by atoms with van der Waals surface area (Å²) in [5, 5.41) is 4.63. The molecular formula is C131H203BrClF4N7O. The number of nitrogens with one attached hydrogen (secondary N) is 1. The number of halogens is 6. The average Bonchev–Trinajstić information content (AvgIpc) is 0.817. The summed E-state index contributed by atoms with van der Waals surface area (Å²) in [6.07, 6.45) is 2.61. The lowest BCUT2D eigenvalue weighted by molar-refractivity contribution is -0.137. The van der Waals surface area contributed by atoms with Crippen molar-refractivity contribution in [2.45, 2.75) is 400 Å². The molecule has 0 radical (unpaired) electrons. The van der Waals surface area contributed by atoms with E-state index in [-0.39, 0.29) is 17.7 Å². The van der Waals surface area contributed by atoms with Gasteiger partial charge in [-0.05, 0) is 350 Å². The Labute approximate surface area is 899 Å². The fourth-order valence-electron chi connectivity index (χ4n) is 16.8. The van der Waals surface area contributed by atoms with Crippen LogP contribution in [0.3, 0.4) is 0 Å². The number of ether oxygens (including phenoxy) is 1. The minimum atomic E-state index is -4.26. The van der Waals surface area contributed by atoms with Crippen molar-refractivity contribution in [2.24, 2.45) is 0 Å². The number of piperazine rings is 1. The van der Waals surface area contributed by atoms with E-state index in [2.05, 4.69) is 448 Å². The first kappa shape index (κ1) is 130. The number of benzene rings is 9. The third-order valence-corrected chi connectivity index (χ3v) is 28.7. The summed E-state index contributed by atoms with van der Waals surface area (Å²) in [5.74, 6) is 9.16. The van der Waals surface area contributed by atoms with Crippen LogP contribution in [0, 0.1) is 5.82 Å². The Kier molecular flexibility index (Phi) is 56.8. The van der Waals surface area contributed by atoms with Crippen molar-refractivity contribution in [1.82, 2.24) is 9.80 Å². The lowest BCUT2D eigenvalue weighted by atomic mass is 9.93. The van der Waals surface area contributed by atoms with Gasteiger partial charge in [0.15, 0.2) is 0 Å². The molecule has 3 fully saturated rings. The Morgan fingerprint density at radius 2 is 0.566 bits per heavy atom. The highest BCUT2D eigenvalue weighted by molar-refractivity contribution is 9.10. The van der Waals surface area contributed by atoms with Crippen LogP contribution >= 0.6 is 27.5 Å². The third-order valence-electron chi connectivity index (χ3n) is 28.0. The quantitative estimate of drug-likeness (QED) is 0.0511. The molecule has 0 atom stereocenters. The summed E-state index contributed by atoms with van der Waals surface area (Å²) in [6, 6.07) is 58.7. The maximum absolute atomic E-state index is 13.1. The minimum Gasteiger partial charge on any atom is -0.382 e. The Bertz CT molecular complexity index is 4780. The molecule has 2 heterocycles. The molecule has 0 amide bonds. The van der Waals surface area contributed by atoms with E-state index in [0.717, 1.165) is 79.8 Å². The second kappa shape index (κ2) is 63.5. The first-order chi connectivity index (χ1) is 67.5. The Morgan fingerprint density at radius 3 is 0.841 bits per heavy atom. The number of likely N-dealkylation sites (N-methyl/N-ethyl adjacent to an activating group) is 3. The third kappa shape index (κ3) is 46.8. The van der Waals surface area contributed by atoms with E-state index in [1.165, 1.54) is 168 Å². The summed E-state index contributed by atoms with van der Waals surface area (Å²) < 4.78 is 57.8. The van der Waals surface area contributed by atoms with E-state index in [4.69, 9.17) is 16.3 Å². The molecule has 2 saturated heterocycles. The van der Waals surface area contributed by atoms with Crippen LogP contribution < -0.4 is 24.9 Å².